The smallest absolute Gasteiger partial charge is 0.306 e. The van der Waals surface area contributed by atoms with Crippen molar-refractivity contribution in [1.29, 1.82) is 0 Å². The van der Waals surface area contributed by atoms with Crippen LogP contribution in [0.15, 0.2) is 48.6 Å². The zero-order valence-corrected chi connectivity index (χ0v) is 52.5. The maximum absolute atomic E-state index is 12.9. The molecule has 456 valence electrons. The second kappa shape index (κ2) is 66.9. The number of allylic oxidation sites excluding steroid dienone is 8. The van der Waals surface area contributed by atoms with E-state index in [1.54, 1.807) is 0 Å². The number of rotatable bonds is 64. The molecule has 0 heterocycles. The Morgan fingerprint density at radius 2 is 0.462 bits per heavy atom. The van der Waals surface area contributed by atoms with Crippen LogP contribution in [0.1, 0.15) is 374 Å². The lowest BCUT2D eigenvalue weighted by molar-refractivity contribution is -0.167. The van der Waals surface area contributed by atoms with E-state index in [0.717, 1.165) is 89.9 Å². The normalized spacial score (nSPS) is 12.3. The van der Waals surface area contributed by atoms with Gasteiger partial charge in [-0.15, -0.1) is 0 Å². The van der Waals surface area contributed by atoms with Crippen LogP contribution in [0.3, 0.4) is 0 Å². The predicted molar refractivity (Wildman–Crippen MR) is 339 cm³/mol. The fraction of sp³-hybridized carbons (Fsp3) is 0.847. The Morgan fingerprint density at radius 3 is 0.718 bits per heavy atom. The number of ether oxygens (including phenoxy) is 3. The van der Waals surface area contributed by atoms with Gasteiger partial charge >= 0.3 is 17.9 Å². The van der Waals surface area contributed by atoms with E-state index in [4.69, 9.17) is 14.2 Å². The summed E-state index contributed by atoms with van der Waals surface area (Å²) in [6, 6.07) is 0. The van der Waals surface area contributed by atoms with E-state index in [2.05, 4.69) is 69.4 Å². The molecule has 1 atom stereocenters. The Balaban J connectivity index is 4.21. The van der Waals surface area contributed by atoms with Gasteiger partial charge in [0.1, 0.15) is 13.2 Å². The van der Waals surface area contributed by atoms with Crippen molar-refractivity contribution in [1.82, 2.24) is 0 Å². The monoisotopic (exact) mass is 1090 g/mol. The van der Waals surface area contributed by atoms with Gasteiger partial charge in [-0.3, -0.25) is 14.4 Å². The summed E-state index contributed by atoms with van der Waals surface area (Å²) in [5, 5.41) is 0. The van der Waals surface area contributed by atoms with Gasteiger partial charge in [-0.05, 0) is 83.5 Å². The van der Waals surface area contributed by atoms with Crippen LogP contribution in [0.4, 0.5) is 0 Å². The molecule has 0 aromatic rings. The molecule has 1 unspecified atom stereocenters. The lowest BCUT2D eigenvalue weighted by Crippen LogP contribution is -2.30. The molecule has 0 aliphatic carbocycles. The van der Waals surface area contributed by atoms with Crippen molar-refractivity contribution in [2.45, 2.75) is 380 Å². The van der Waals surface area contributed by atoms with Crippen molar-refractivity contribution in [2.24, 2.45) is 0 Å². The van der Waals surface area contributed by atoms with Crippen molar-refractivity contribution >= 4 is 17.9 Å². The lowest BCUT2D eigenvalue weighted by atomic mass is 10.0. The Labute approximate surface area is 486 Å². The molecule has 0 aromatic heterocycles. The topological polar surface area (TPSA) is 78.9 Å². The second-order valence-electron chi connectivity index (χ2n) is 23.4. The zero-order valence-electron chi connectivity index (χ0n) is 52.5. The third-order valence-electron chi connectivity index (χ3n) is 15.6. The first-order valence-corrected chi connectivity index (χ1v) is 34.6. The summed E-state index contributed by atoms with van der Waals surface area (Å²) in [7, 11) is 0. The molecule has 6 heteroatoms. The summed E-state index contributed by atoms with van der Waals surface area (Å²) in [5.74, 6) is -0.862. The summed E-state index contributed by atoms with van der Waals surface area (Å²) in [4.78, 5) is 38.4. The molecule has 0 aromatic carbocycles. The van der Waals surface area contributed by atoms with E-state index in [1.807, 2.05) is 0 Å². The minimum absolute atomic E-state index is 0.0737. The summed E-state index contributed by atoms with van der Waals surface area (Å²) >= 11 is 0. The summed E-state index contributed by atoms with van der Waals surface area (Å²) < 4.78 is 17.0. The number of unbranched alkanes of at least 4 members (excludes halogenated alkanes) is 45. The first kappa shape index (κ1) is 75.4. The van der Waals surface area contributed by atoms with Gasteiger partial charge in [-0.25, -0.2) is 0 Å². The van der Waals surface area contributed by atoms with E-state index in [-0.39, 0.29) is 31.1 Å². The van der Waals surface area contributed by atoms with Crippen LogP contribution in [-0.4, -0.2) is 37.2 Å². The van der Waals surface area contributed by atoms with Crippen LogP contribution >= 0.6 is 0 Å². The fourth-order valence-electron chi connectivity index (χ4n) is 10.3. The van der Waals surface area contributed by atoms with Gasteiger partial charge in [-0.1, -0.05) is 320 Å². The van der Waals surface area contributed by atoms with Gasteiger partial charge < -0.3 is 14.2 Å². The fourth-order valence-corrected chi connectivity index (χ4v) is 10.3. The number of hydrogen-bond acceptors (Lipinski definition) is 6. The van der Waals surface area contributed by atoms with E-state index >= 15 is 0 Å². The summed E-state index contributed by atoms with van der Waals surface area (Å²) in [6.07, 6.45) is 84.2. The highest BCUT2D eigenvalue weighted by atomic mass is 16.6. The van der Waals surface area contributed by atoms with Crippen LogP contribution in [0.25, 0.3) is 0 Å². The number of esters is 3. The maximum atomic E-state index is 12.9. The minimum atomic E-state index is -0.778. The first-order valence-electron chi connectivity index (χ1n) is 34.6. The molecule has 0 saturated carbocycles. The molecule has 0 rings (SSSR count). The van der Waals surface area contributed by atoms with E-state index in [0.29, 0.717) is 19.3 Å². The largest absolute Gasteiger partial charge is 0.462 e. The molecule has 0 aliphatic heterocycles. The van der Waals surface area contributed by atoms with Crippen molar-refractivity contribution in [3.8, 4) is 0 Å². The van der Waals surface area contributed by atoms with Gasteiger partial charge in [0.2, 0.25) is 0 Å². The second-order valence-corrected chi connectivity index (χ2v) is 23.4. The van der Waals surface area contributed by atoms with Crippen LogP contribution in [-0.2, 0) is 28.6 Å². The minimum Gasteiger partial charge on any atom is -0.462 e. The Morgan fingerprint density at radius 1 is 0.256 bits per heavy atom. The highest BCUT2D eigenvalue weighted by Crippen LogP contribution is 2.18. The molecular formula is C72H132O6. The maximum Gasteiger partial charge on any atom is 0.306 e. The summed E-state index contributed by atoms with van der Waals surface area (Å²) in [5.41, 5.74) is 0. The molecule has 0 N–H and O–H groups in total. The van der Waals surface area contributed by atoms with Crippen LogP contribution in [0.5, 0.6) is 0 Å². The molecule has 6 nitrogen and oxygen atoms in total. The molecule has 0 saturated heterocycles. The van der Waals surface area contributed by atoms with Gasteiger partial charge in [-0.2, -0.15) is 0 Å². The van der Waals surface area contributed by atoms with Gasteiger partial charge in [0.05, 0.1) is 0 Å². The zero-order chi connectivity index (χ0) is 56.4. The molecule has 0 fully saturated rings. The molecule has 0 spiro atoms. The van der Waals surface area contributed by atoms with Gasteiger partial charge in [0, 0.05) is 19.3 Å². The summed E-state index contributed by atoms with van der Waals surface area (Å²) in [6.45, 7) is 6.66. The SMILES string of the molecule is CCCCCC/C=C\C/C=C\CCCCCCCC(=O)OC(COC(=O)CCCCCCCCCCCCCCCCC)COC(=O)CCCCCCCCCCCCCCCCCCC/C=C\C/C=C\CCCCCCC. The molecule has 0 aliphatic rings. The Bertz CT molecular complexity index is 1350. The highest BCUT2D eigenvalue weighted by molar-refractivity contribution is 5.71. The lowest BCUT2D eigenvalue weighted by Gasteiger charge is -2.18. The Kier molecular flexibility index (Phi) is 64.6. The molecule has 78 heavy (non-hydrogen) atoms. The number of hydrogen-bond donors (Lipinski definition) is 0. The number of carbonyl (C=O) groups excluding carboxylic acids is 3. The van der Waals surface area contributed by atoms with Gasteiger partial charge in [0.15, 0.2) is 6.10 Å². The van der Waals surface area contributed by atoms with Crippen LogP contribution < -0.4 is 0 Å². The van der Waals surface area contributed by atoms with Crippen molar-refractivity contribution in [3.05, 3.63) is 48.6 Å². The van der Waals surface area contributed by atoms with E-state index in [9.17, 15) is 14.4 Å². The predicted octanol–water partition coefficient (Wildman–Crippen LogP) is 23.7. The molecule has 0 radical (unpaired) electrons. The Hall–Kier alpha value is -2.63. The van der Waals surface area contributed by atoms with Crippen molar-refractivity contribution in [2.75, 3.05) is 13.2 Å². The average Bonchev–Trinajstić information content (AvgIpc) is 3.44. The third-order valence-corrected chi connectivity index (χ3v) is 15.6. The molecular weight excluding hydrogens is 961 g/mol. The molecule has 0 bridgehead atoms. The average molecular weight is 1090 g/mol. The molecule has 0 amide bonds. The van der Waals surface area contributed by atoms with E-state index < -0.39 is 6.10 Å². The highest BCUT2D eigenvalue weighted by Gasteiger charge is 2.19. The van der Waals surface area contributed by atoms with Crippen LogP contribution in [0, 0.1) is 0 Å². The third kappa shape index (κ3) is 64.2. The van der Waals surface area contributed by atoms with E-state index in [1.165, 1.54) is 244 Å². The van der Waals surface area contributed by atoms with Crippen molar-refractivity contribution < 1.29 is 28.6 Å². The number of carbonyl (C=O) groups is 3. The van der Waals surface area contributed by atoms with Crippen LogP contribution in [0.2, 0.25) is 0 Å². The quantitative estimate of drug-likeness (QED) is 0.0261. The van der Waals surface area contributed by atoms with Gasteiger partial charge in [0.25, 0.3) is 0 Å². The van der Waals surface area contributed by atoms with Crippen molar-refractivity contribution in [3.63, 3.8) is 0 Å². The first-order chi connectivity index (χ1) is 38.5. The standard InChI is InChI=1S/C72H132O6/c1-4-7-10-13-16-19-22-25-28-30-31-32-33-34-35-36-37-38-39-40-41-42-45-47-50-53-56-59-62-65-71(74)77-68-69(67-76-70(73)64-61-58-55-52-49-46-43-27-24-21-18-15-12-9-6-3)78-72(75)66-63-60-57-54-51-48-44-29-26-23-20-17-14-11-8-5-2/h20,22-23,25,29-31,44,69H,4-19,21,24,26-28,32-43,45-68H2,1-3H3/b23-20-,25-22-,31-30-,44-29-.